The minimum Gasteiger partial charge on any atom is -0.338 e. The first-order valence-corrected chi connectivity index (χ1v) is 11.0. The lowest BCUT2D eigenvalue weighted by molar-refractivity contribution is -0.137. The highest BCUT2D eigenvalue weighted by atomic mass is 32.2. The van der Waals surface area contributed by atoms with Crippen molar-refractivity contribution >= 4 is 28.8 Å². The van der Waals surface area contributed by atoms with Crippen LogP contribution in [-0.2, 0) is 21.5 Å². The van der Waals surface area contributed by atoms with E-state index in [1.54, 1.807) is 47.1 Å². The fourth-order valence-electron chi connectivity index (χ4n) is 3.69. The second-order valence-corrected chi connectivity index (χ2v) is 8.80. The van der Waals surface area contributed by atoms with Crippen LogP contribution in [0, 0.1) is 12.7 Å². The summed E-state index contributed by atoms with van der Waals surface area (Å²) in [4.78, 5) is 29.4. The third kappa shape index (κ3) is 5.11. The SMILES string of the molecule is Cc1cc(C(=O)N2CCN(C(=O)C(C)(C)c3ccc(F)cc3)CC2)ccc1NS(=O)O. The molecule has 1 fully saturated rings. The van der Waals surface area contributed by atoms with Crippen molar-refractivity contribution in [2.45, 2.75) is 26.2 Å². The van der Waals surface area contributed by atoms with Crippen molar-refractivity contribution in [2.75, 3.05) is 30.9 Å². The topological polar surface area (TPSA) is 90.0 Å². The summed E-state index contributed by atoms with van der Waals surface area (Å²) in [6.07, 6.45) is 0. The summed E-state index contributed by atoms with van der Waals surface area (Å²) < 4.78 is 35.5. The smallest absolute Gasteiger partial charge is 0.259 e. The molecular weight excluding hydrogens is 421 g/mol. The maximum atomic E-state index is 13.2. The van der Waals surface area contributed by atoms with Gasteiger partial charge in [0.2, 0.25) is 5.91 Å². The van der Waals surface area contributed by atoms with Crippen LogP contribution in [0.4, 0.5) is 10.1 Å². The van der Waals surface area contributed by atoms with Crippen LogP contribution in [-0.4, -0.2) is 56.6 Å². The number of anilines is 1. The molecule has 2 amide bonds. The van der Waals surface area contributed by atoms with E-state index in [2.05, 4.69) is 4.72 Å². The van der Waals surface area contributed by atoms with Crippen LogP contribution in [0.2, 0.25) is 0 Å². The molecule has 3 rings (SSSR count). The summed E-state index contributed by atoms with van der Waals surface area (Å²) in [7, 11) is 0. The number of hydrogen-bond donors (Lipinski definition) is 2. The van der Waals surface area contributed by atoms with Gasteiger partial charge in [0.05, 0.1) is 11.1 Å². The van der Waals surface area contributed by atoms with Crippen LogP contribution < -0.4 is 4.72 Å². The molecule has 2 N–H and O–H groups in total. The van der Waals surface area contributed by atoms with Crippen LogP contribution in [0.3, 0.4) is 0 Å². The number of piperazine rings is 1. The zero-order valence-electron chi connectivity index (χ0n) is 17.7. The van der Waals surface area contributed by atoms with Crippen molar-refractivity contribution < 1.29 is 22.7 Å². The molecule has 1 unspecified atom stereocenters. The van der Waals surface area contributed by atoms with Gasteiger partial charge >= 0.3 is 0 Å². The Hall–Kier alpha value is -2.78. The molecule has 0 radical (unpaired) electrons. The Morgan fingerprint density at radius 1 is 1.03 bits per heavy atom. The molecule has 2 aromatic carbocycles. The lowest BCUT2D eigenvalue weighted by Gasteiger charge is -2.39. The largest absolute Gasteiger partial charge is 0.338 e. The molecule has 2 aromatic rings. The zero-order chi connectivity index (χ0) is 22.8. The Morgan fingerprint density at radius 3 is 2.16 bits per heavy atom. The molecule has 1 aliphatic heterocycles. The maximum absolute atomic E-state index is 13.2. The number of benzene rings is 2. The van der Waals surface area contributed by atoms with Crippen molar-refractivity contribution in [1.82, 2.24) is 9.80 Å². The molecular formula is C22H26FN3O4S. The second-order valence-electron chi connectivity index (χ2n) is 8.10. The Labute approximate surface area is 183 Å². The molecule has 0 saturated carbocycles. The predicted octanol–water partition coefficient (Wildman–Crippen LogP) is 2.94. The molecule has 7 nitrogen and oxygen atoms in total. The minimum absolute atomic E-state index is 0.0607. The fourth-order valence-corrected chi connectivity index (χ4v) is 4.10. The van der Waals surface area contributed by atoms with E-state index in [9.17, 15) is 18.2 Å². The van der Waals surface area contributed by atoms with Gasteiger partial charge in [-0.25, -0.2) is 8.60 Å². The number of carbonyl (C=O) groups excluding carboxylic acids is 2. The summed E-state index contributed by atoms with van der Waals surface area (Å²) in [5.74, 6) is -0.554. The van der Waals surface area contributed by atoms with E-state index in [4.69, 9.17) is 4.55 Å². The van der Waals surface area contributed by atoms with Gasteiger partial charge in [-0.2, -0.15) is 0 Å². The molecule has 0 spiro atoms. The summed E-state index contributed by atoms with van der Waals surface area (Å²) >= 11 is -2.18. The predicted molar refractivity (Wildman–Crippen MR) is 117 cm³/mol. The first-order chi connectivity index (χ1) is 14.6. The van der Waals surface area contributed by atoms with Gasteiger partial charge in [0.1, 0.15) is 5.82 Å². The molecule has 9 heteroatoms. The van der Waals surface area contributed by atoms with E-state index in [-0.39, 0.29) is 17.6 Å². The van der Waals surface area contributed by atoms with Gasteiger partial charge in [-0.15, -0.1) is 0 Å². The van der Waals surface area contributed by atoms with E-state index < -0.39 is 16.7 Å². The lowest BCUT2D eigenvalue weighted by Crippen LogP contribution is -2.54. The normalized spacial score (nSPS) is 15.5. The Bertz CT molecular complexity index is 1000. The number of carbonyl (C=O) groups is 2. The standard InChI is InChI=1S/C22H26FN3O4S/c1-15-14-16(4-9-19(15)24-31(29)30)20(27)25-10-12-26(13-11-25)21(28)22(2,3)17-5-7-18(23)8-6-17/h4-9,14,24H,10-13H2,1-3H3,(H,29,30). The van der Waals surface area contributed by atoms with Crippen molar-refractivity contribution in [1.29, 1.82) is 0 Å². The average molecular weight is 448 g/mol. The molecule has 1 heterocycles. The molecule has 1 aliphatic rings. The fraction of sp³-hybridized carbons (Fsp3) is 0.364. The van der Waals surface area contributed by atoms with Crippen LogP contribution in [0.15, 0.2) is 42.5 Å². The molecule has 1 saturated heterocycles. The number of hydrogen-bond acceptors (Lipinski definition) is 3. The highest BCUT2D eigenvalue weighted by Crippen LogP contribution is 2.27. The van der Waals surface area contributed by atoms with Gasteiger partial charge in [-0.3, -0.25) is 18.9 Å². The average Bonchev–Trinajstić information content (AvgIpc) is 2.74. The number of halogens is 1. The number of aryl methyl sites for hydroxylation is 1. The number of nitrogens with zero attached hydrogens (tertiary/aromatic N) is 2. The van der Waals surface area contributed by atoms with Gasteiger partial charge < -0.3 is 9.80 Å². The second kappa shape index (κ2) is 9.15. The Kier molecular flexibility index (Phi) is 6.76. The number of rotatable bonds is 5. The molecule has 166 valence electrons. The van der Waals surface area contributed by atoms with Crippen molar-refractivity contribution in [3.63, 3.8) is 0 Å². The summed E-state index contributed by atoms with van der Waals surface area (Å²) in [6, 6.07) is 10.8. The third-order valence-electron chi connectivity index (χ3n) is 5.63. The van der Waals surface area contributed by atoms with Crippen molar-refractivity contribution in [2.24, 2.45) is 0 Å². The number of amides is 2. The van der Waals surface area contributed by atoms with Crippen molar-refractivity contribution in [3.8, 4) is 0 Å². The van der Waals surface area contributed by atoms with E-state index >= 15 is 0 Å². The van der Waals surface area contributed by atoms with E-state index in [1.807, 2.05) is 13.8 Å². The van der Waals surface area contributed by atoms with E-state index in [1.165, 1.54) is 12.1 Å². The zero-order valence-corrected chi connectivity index (χ0v) is 18.5. The van der Waals surface area contributed by atoms with Gasteiger partial charge in [0.25, 0.3) is 17.2 Å². The Balaban J connectivity index is 1.64. The summed E-state index contributed by atoms with van der Waals surface area (Å²) in [5.41, 5.74) is 1.59. The van der Waals surface area contributed by atoms with Gasteiger partial charge in [-0.05, 0) is 62.2 Å². The first-order valence-electron chi connectivity index (χ1n) is 9.92. The minimum atomic E-state index is -2.18. The van der Waals surface area contributed by atoms with Crippen molar-refractivity contribution in [3.05, 3.63) is 65.0 Å². The Morgan fingerprint density at radius 2 is 1.61 bits per heavy atom. The molecule has 0 bridgehead atoms. The van der Waals surface area contributed by atoms with Crippen LogP contribution in [0.25, 0.3) is 0 Å². The van der Waals surface area contributed by atoms with Gasteiger partial charge in [-0.1, -0.05) is 12.1 Å². The van der Waals surface area contributed by atoms with E-state index in [0.29, 0.717) is 43.0 Å². The molecule has 0 aliphatic carbocycles. The highest BCUT2D eigenvalue weighted by Gasteiger charge is 2.35. The quantitative estimate of drug-likeness (QED) is 0.690. The molecule has 31 heavy (non-hydrogen) atoms. The molecule has 0 aromatic heterocycles. The monoisotopic (exact) mass is 447 g/mol. The van der Waals surface area contributed by atoms with Gasteiger partial charge in [0.15, 0.2) is 0 Å². The third-order valence-corrected chi connectivity index (χ3v) is 6.02. The maximum Gasteiger partial charge on any atom is 0.259 e. The number of nitrogens with one attached hydrogen (secondary N) is 1. The van der Waals surface area contributed by atoms with Gasteiger partial charge in [0, 0.05) is 31.7 Å². The summed E-state index contributed by atoms with van der Waals surface area (Å²) in [5, 5.41) is 0. The lowest BCUT2D eigenvalue weighted by atomic mass is 9.83. The van der Waals surface area contributed by atoms with Crippen LogP contribution >= 0.6 is 0 Å². The molecule has 1 atom stereocenters. The van der Waals surface area contributed by atoms with Crippen LogP contribution in [0.5, 0.6) is 0 Å². The van der Waals surface area contributed by atoms with E-state index in [0.717, 1.165) is 5.56 Å². The first kappa shape index (κ1) is 22.9. The van der Waals surface area contributed by atoms with Crippen LogP contribution in [0.1, 0.15) is 35.3 Å². The summed E-state index contributed by atoms with van der Waals surface area (Å²) in [6.45, 7) is 7.03. The highest BCUT2D eigenvalue weighted by molar-refractivity contribution is 7.80.